The lowest BCUT2D eigenvalue weighted by molar-refractivity contribution is -0.141. The summed E-state index contributed by atoms with van der Waals surface area (Å²) in [6, 6.07) is 9.48. The highest BCUT2D eigenvalue weighted by atomic mass is 16.6. The lowest BCUT2D eigenvalue weighted by Gasteiger charge is -2.18. The lowest BCUT2D eigenvalue weighted by atomic mass is 9.99. The van der Waals surface area contributed by atoms with E-state index in [4.69, 9.17) is 18.9 Å². The SMILES string of the molecule is COc1ccc(-c2ccc3c(c2)CCC3=O)c(OCCOC(C)=O)c1OC. The fourth-order valence-electron chi connectivity index (χ4n) is 3.22. The monoisotopic (exact) mass is 370 g/mol. The number of Topliss-reactive ketones (excluding diaryl/α,β-unsaturated/α-hetero) is 1. The van der Waals surface area contributed by atoms with Crippen LogP contribution >= 0.6 is 0 Å². The zero-order valence-electron chi connectivity index (χ0n) is 15.7. The molecule has 0 unspecified atom stereocenters. The second kappa shape index (κ2) is 8.12. The summed E-state index contributed by atoms with van der Waals surface area (Å²) in [6.45, 7) is 1.66. The van der Waals surface area contributed by atoms with E-state index in [2.05, 4.69) is 0 Å². The molecule has 0 atom stereocenters. The molecule has 0 bridgehead atoms. The molecule has 27 heavy (non-hydrogen) atoms. The van der Waals surface area contributed by atoms with Crippen LogP contribution in [0.5, 0.6) is 17.2 Å². The summed E-state index contributed by atoms with van der Waals surface area (Å²) in [7, 11) is 3.10. The minimum atomic E-state index is -0.361. The van der Waals surface area contributed by atoms with Crippen molar-refractivity contribution in [2.45, 2.75) is 19.8 Å². The summed E-state index contributed by atoms with van der Waals surface area (Å²) < 4.78 is 21.7. The van der Waals surface area contributed by atoms with E-state index in [1.165, 1.54) is 6.92 Å². The lowest BCUT2D eigenvalue weighted by Crippen LogP contribution is -2.11. The molecule has 0 spiro atoms. The zero-order valence-corrected chi connectivity index (χ0v) is 15.7. The highest BCUT2D eigenvalue weighted by Gasteiger charge is 2.22. The van der Waals surface area contributed by atoms with Crippen LogP contribution in [-0.2, 0) is 16.0 Å². The predicted molar refractivity (Wildman–Crippen MR) is 99.8 cm³/mol. The van der Waals surface area contributed by atoms with Gasteiger partial charge in [-0.15, -0.1) is 0 Å². The molecule has 0 amide bonds. The molecule has 0 aromatic heterocycles. The van der Waals surface area contributed by atoms with Gasteiger partial charge in [-0.2, -0.15) is 0 Å². The second-order valence-corrected chi connectivity index (χ2v) is 6.16. The number of aryl methyl sites for hydroxylation is 1. The van der Waals surface area contributed by atoms with Crippen molar-refractivity contribution in [3.05, 3.63) is 41.5 Å². The molecule has 2 aromatic carbocycles. The first-order valence-corrected chi connectivity index (χ1v) is 8.72. The third-order valence-electron chi connectivity index (χ3n) is 4.47. The second-order valence-electron chi connectivity index (χ2n) is 6.16. The summed E-state index contributed by atoms with van der Waals surface area (Å²) >= 11 is 0. The van der Waals surface area contributed by atoms with Gasteiger partial charge in [-0.3, -0.25) is 9.59 Å². The number of ether oxygens (including phenoxy) is 4. The van der Waals surface area contributed by atoms with Gasteiger partial charge in [0.25, 0.3) is 0 Å². The molecule has 6 heteroatoms. The van der Waals surface area contributed by atoms with Gasteiger partial charge in [0.05, 0.1) is 14.2 Å². The number of rotatable bonds is 7. The smallest absolute Gasteiger partial charge is 0.302 e. The molecule has 0 fully saturated rings. The van der Waals surface area contributed by atoms with Crippen molar-refractivity contribution in [3.8, 4) is 28.4 Å². The Morgan fingerprint density at radius 2 is 1.74 bits per heavy atom. The summed E-state index contributed by atoms with van der Waals surface area (Å²) in [4.78, 5) is 22.8. The van der Waals surface area contributed by atoms with E-state index >= 15 is 0 Å². The van der Waals surface area contributed by atoms with E-state index in [-0.39, 0.29) is 25.0 Å². The molecule has 0 N–H and O–H groups in total. The van der Waals surface area contributed by atoms with E-state index in [0.29, 0.717) is 23.7 Å². The Balaban J connectivity index is 1.98. The number of fused-ring (bicyclic) bond motifs is 1. The number of hydrogen-bond acceptors (Lipinski definition) is 6. The van der Waals surface area contributed by atoms with Gasteiger partial charge in [-0.05, 0) is 29.7 Å². The Bertz CT molecular complexity index is 871. The largest absolute Gasteiger partial charge is 0.493 e. The number of esters is 1. The number of benzene rings is 2. The molecule has 0 heterocycles. The first kappa shape index (κ1) is 18.8. The molecule has 0 aliphatic heterocycles. The number of hydrogen-bond donors (Lipinski definition) is 0. The van der Waals surface area contributed by atoms with Gasteiger partial charge >= 0.3 is 5.97 Å². The van der Waals surface area contributed by atoms with Crippen LogP contribution < -0.4 is 14.2 Å². The molecule has 0 saturated heterocycles. The maximum atomic E-state index is 11.9. The number of methoxy groups -OCH3 is 2. The Hall–Kier alpha value is -3.02. The van der Waals surface area contributed by atoms with E-state index < -0.39 is 0 Å². The van der Waals surface area contributed by atoms with Crippen molar-refractivity contribution in [2.75, 3.05) is 27.4 Å². The predicted octanol–water partition coefficient (Wildman–Crippen LogP) is 3.44. The standard InChI is InChI=1S/C21H22O6/c1-13(22)26-10-11-27-20-17(7-9-19(24-2)21(20)25-3)15-4-6-16-14(12-15)5-8-18(16)23/h4,6-7,9,12H,5,8,10-11H2,1-3H3. The minimum absolute atomic E-state index is 0.133. The maximum absolute atomic E-state index is 11.9. The molecule has 1 aliphatic carbocycles. The quantitative estimate of drug-likeness (QED) is 0.549. The highest BCUT2D eigenvalue weighted by molar-refractivity contribution is 6.01. The topological polar surface area (TPSA) is 71.1 Å². The van der Waals surface area contributed by atoms with Crippen LogP contribution in [0.25, 0.3) is 11.1 Å². The van der Waals surface area contributed by atoms with Crippen molar-refractivity contribution in [1.29, 1.82) is 0 Å². The van der Waals surface area contributed by atoms with Gasteiger partial charge in [0, 0.05) is 24.5 Å². The first-order valence-electron chi connectivity index (χ1n) is 8.72. The Kier molecular flexibility index (Phi) is 5.64. The van der Waals surface area contributed by atoms with Crippen molar-refractivity contribution < 1.29 is 28.5 Å². The summed E-state index contributed by atoms with van der Waals surface area (Å²) in [5.74, 6) is 1.34. The number of carbonyl (C=O) groups excluding carboxylic acids is 2. The van der Waals surface area contributed by atoms with E-state index in [1.54, 1.807) is 14.2 Å². The molecular formula is C21H22O6. The molecule has 0 radical (unpaired) electrons. The zero-order chi connectivity index (χ0) is 19.4. The van der Waals surface area contributed by atoms with Gasteiger partial charge in [0.1, 0.15) is 13.2 Å². The van der Waals surface area contributed by atoms with Gasteiger partial charge in [0.2, 0.25) is 5.75 Å². The fourth-order valence-corrected chi connectivity index (χ4v) is 3.22. The molecule has 1 aliphatic rings. The summed E-state index contributed by atoms with van der Waals surface area (Å²) in [5.41, 5.74) is 3.57. The molecule has 0 saturated carbocycles. The van der Waals surface area contributed by atoms with Gasteiger partial charge < -0.3 is 18.9 Å². The number of ketones is 1. The van der Waals surface area contributed by atoms with E-state index in [0.717, 1.165) is 28.7 Å². The van der Waals surface area contributed by atoms with E-state index in [1.807, 2.05) is 30.3 Å². The average molecular weight is 370 g/mol. The summed E-state index contributed by atoms with van der Waals surface area (Å²) in [6.07, 6.45) is 1.30. The van der Waals surface area contributed by atoms with Crippen LogP contribution in [0.15, 0.2) is 30.3 Å². The van der Waals surface area contributed by atoms with Crippen LogP contribution in [0.2, 0.25) is 0 Å². The van der Waals surface area contributed by atoms with Crippen LogP contribution in [0.4, 0.5) is 0 Å². The first-order chi connectivity index (χ1) is 13.0. The van der Waals surface area contributed by atoms with Gasteiger partial charge in [-0.25, -0.2) is 0 Å². The Morgan fingerprint density at radius 1 is 0.963 bits per heavy atom. The van der Waals surface area contributed by atoms with E-state index in [9.17, 15) is 9.59 Å². The number of carbonyl (C=O) groups is 2. The molecule has 2 aromatic rings. The van der Waals surface area contributed by atoms with Gasteiger partial charge in [0.15, 0.2) is 17.3 Å². The van der Waals surface area contributed by atoms with Gasteiger partial charge in [-0.1, -0.05) is 18.2 Å². The maximum Gasteiger partial charge on any atom is 0.302 e. The fraction of sp³-hybridized carbons (Fsp3) is 0.333. The third kappa shape index (κ3) is 3.89. The van der Waals surface area contributed by atoms with Crippen molar-refractivity contribution in [2.24, 2.45) is 0 Å². The van der Waals surface area contributed by atoms with Crippen LogP contribution in [0.3, 0.4) is 0 Å². The van der Waals surface area contributed by atoms with Crippen LogP contribution in [0, 0.1) is 0 Å². The average Bonchev–Trinajstić information content (AvgIpc) is 3.04. The molecular weight excluding hydrogens is 348 g/mol. The molecule has 142 valence electrons. The minimum Gasteiger partial charge on any atom is -0.493 e. The van der Waals surface area contributed by atoms with Crippen molar-refractivity contribution >= 4 is 11.8 Å². The molecule has 3 rings (SSSR count). The third-order valence-corrected chi connectivity index (χ3v) is 4.47. The van der Waals surface area contributed by atoms with Crippen molar-refractivity contribution in [1.82, 2.24) is 0 Å². The molecule has 6 nitrogen and oxygen atoms in total. The Labute approximate surface area is 158 Å². The Morgan fingerprint density at radius 3 is 2.44 bits per heavy atom. The van der Waals surface area contributed by atoms with Crippen molar-refractivity contribution in [3.63, 3.8) is 0 Å². The summed E-state index contributed by atoms with van der Waals surface area (Å²) in [5, 5.41) is 0. The highest BCUT2D eigenvalue weighted by Crippen LogP contribution is 2.45. The van der Waals surface area contributed by atoms with Crippen LogP contribution in [-0.4, -0.2) is 39.2 Å². The van der Waals surface area contributed by atoms with Crippen LogP contribution in [0.1, 0.15) is 29.3 Å². The normalized spacial score (nSPS) is 12.5.